The van der Waals surface area contributed by atoms with Crippen molar-refractivity contribution in [2.45, 2.75) is 26.4 Å². The standard InChI is InChI=1S/C23H30N6O.2H2/c1-18-13-19(25-22-24-17-29(26-22)20-7-5-4-6-8-20)15-21(14-18)28-11-9-27(10-12-28)16-23(2,3)30;;/h4-8,13-15,17,30H,9-12,16H2,1-3H3,(H,25,26);2*1H. The first kappa shape index (κ1) is 20.4. The predicted octanol–water partition coefficient (Wildman–Crippen LogP) is 3.70. The molecule has 0 atom stereocenters. The Hall–Kier alpha value is -2.90. The van der Waals surface area contributed by atoms with Gasteiger partial charge >= 0.3 is 0 Å². The number of aromatic nitrogens is 3. The molecule has 1 saturated heterocycles. The van der Waals surface area contributed by atoms with Crippen LogP contribution in [0.5, 0.6) is 0 Å². The van der Waals surface area contributed by atoms with Crippen molar-refractivity contribution in [2.24, 2.45) is 0 Å². The third-order valence-corrected chi connectivity index (χ3v) is 5.18. The lowest BCUT2D eigenvalue weighted by Gasteiger charge is -2.38. The van der Waals surface area contributed by atoms with Crippen molar-refractivity contribution in [3.8, 4) is 5.69 Å². The summed E-state index contributed by atoms with van der Waals surface area (Å²) >= 11 is 0. The first-order valence-corrected chi connectivity index (χ1v) is 10.4. The molecule has 0 aliphatic carbocycles. The van der Waals surface area contributed by atoms with E-state index < -0.39 is 5.60 Å². The Bertz CT molecular complexity index is 982. The molecule has 0 spiro atoms. The zero-order chi connectivity index (χ0) is 21.1. The van der Waals surface area contributed by atoms with Crippen molar-refractivity contribution in [3.63, 3.8) is 0 Å². The summed E-state index contributed by atoms with van der Waals surface area (Å²) in [5, 5.41) is 17.9. The lowest BCUT2D eigenvalue weighted by atomic mass is 10.1. The first-order valence-electron chi connectivity index (χ1n) is 10.4. The van der Waals surface area contributed by atoms with Gasteiger partial charge in [0.1, 0.15) is 6.33 Å². The number of hydrogen-bond donors (Lipinski definition) is 2. The zero-order valence-electron chi connectivity index (χ0n) is 17.9. The molecule has 7 heteroatoms. The van der Waals surface area contributed by atoms with Gasteiger partial charge in [-0.15, -0.1) is 5.10 Å². The van der Waals surface area contributed by atoms with E-state index in [2.05, 4.69) is 50.3 Å². The Morgan fingerprint density at radius 1 is 1.03 bits per heavy atom. The number of para-hydroxylation sites is 1. The predicted molar refractivity (Wildman–Crippen MR) is 125 cm³/mol. The minimum absolute atomic E-state index is 0. The molecule has 162 valence electrons. The van der Waals surface area contributed by atoms with E-state index in [0.717, 1.165) is 37.6 Å². The lowest BCUT2D eigenvalue weighted by molar-refractivity contribution is 0.0345. The summed E-state index contributed by atoms with van der Waals surface area (Å²) < 4.78 is 1.76. The summed E-state index contributed by atoms with van der Waals surface area (Å²) in [5.74, 6) is 0.574. The third kappa shape index (κ3) is 5.17. The first-order chi connectivity index (χ1) is 14.4. The Balaban J connectivity index is 0.00000181. The van der Waals surface area contributed by atoms with Crippen molar-refractivity contribution >= 4 is 17.3 Å². The molecule has 7 nitrogen and oxygen atoms in total. The van der Waals surface area contributed by atoms with E-state index in [1.165, 1.54) is 11.3 Å². The van der Waals surface area contributed by atoms with Crippen LogP contribution in [-0.4, -0.2) is 63.1 Å². The Labute approximate surface area is 180 Å². The minimum Gasteiger partial charge on any atom is -0.389 e. The maximum absolute atomic E-state index is 10.1. The van der Waals surface area contributed by atoms with E-state index in [1.54, 1.807) is 11.0 Å². The monoisotopic (exact) mass is 410 g/mol. The highest BCUT2D eigenvalue weighted by Gasteiger charge is 2.23. The number of nitrogens with zero attached hydrogens (tertiary/aromatic N) is 5. The molecule has 1 aromatic heterocycles. The summed E-state index contributed by atoms with van der Waals surface area (Å²) in [4.78, 5) is 9.12. The van der Waals surface area contributed by atoms with Crippen molar-refractivity contribution in [1.82, 2.24) is 19.7 Å². The number of aryl methyl sites for hydroxylation is 1. The molecule has 3 aromatic rings. The van der Waals surface area contributed by atoms with E-state index in [4.69, 9.17) is 0 Å². The summed E-state index contributed by atoms with van der Waals surface area (Å²) in [6.45, 7) is 10.3. The van der Waals surface area contributed by atoms with E-state index in [-0.39, 0.29) is 2.85 Å². The number of benzene rings is 2. The van der Waals surface area contributed by atoms with Gasteiger partial charge in [0.2, 0.25) is 5.95 Å². The molecule has 1 aliphatic heterocycles. The van der Waals surface area contributed by atoms with E-state index in [9.17, 15) is 5.11 Å². The van der Waals surface area contributed by atoms with Crippen LogP contribution in [0.4, 0.5) is 17.3 Å². The Kier molecular flexibility index (Phi) is 5.74. The Morgan fingerprint density at radius 2 is 1.77 bits per heavy atom. The lowest BCUT2D eigenvalue weighted by Crippen LogP contribution is -2.50. The number of nitrogens with one attached hydrogen (secondary N) is 1. The fourth-order valence-corrected chi connectivity index (χ4v) is 3.88. The van der Waals surface area contributed by atoms with Crippen LogP contribution >= 0.6 is 0 Å². The molecular formula is C23H34N6O. The van der Waals surface area contributed by atoms with Crippen molar-refractivity contribution in [2.75, 3.05) is 42.9 Å². The summed E-state index contributed by atoms with van der Waals surface area (Å²) in [6.07, 6.45) is 1.72. The Morgan fingerprint density at radius 3 is 2.47 bits per heavy atom. The van der Waals surface area contributed by atoms with Crippen LogP contribution in [0.3, 0.4) is 0 Å². The largest absolute Gasteiger partial charge is 0.389 e. The molecule has 0 radical (unpaired) electrons. The van der Waals surface area contributed by atoms with Crippen LogP contribution in [0.1, 0.15) is 22.3 Å². The van der Waals surface area contributed by atoms with Crippen molar-refractivity contribution in [3.05, 3.63) is 60.4 Å². The number of piperazine rings is 1. The van der Waals surface area contributed by atoms with Crippen molar-refractivity contribution in [1.29, 1.82) is 0 Å². The van der Waals surface area contributed by atoms with Crippen LogP contribution in [0.25, 0.3) is 5.69 Å². The van der Waals surface area contributed by atoms with Gasteiger partial charge in [-0.25, -0.2) is 4.68 Å². The molecule has 0 unspecified atom stereocenters. The summed E-state index contributed by atoms with van der Waals surface area (Å²) in [6, 6.07) is 16.4. The van der Waals surface area contributed by atoms with Gasteiger partial charge in [-0.2, -0.15) is 4.98 Å². The number of β-amino-alcohol motifs (C(OH)–C–C–N with tert-alkyl or cyclic N) is 1. The van der Waals surface area contributed by atoms with Crippen LogP contribution in [0.15, 0.2) is 54.9 Å². The molecule has 4 rings (SSSR count). The minimum atomic E-state index is -0.654. The SMILES string of the molecule is Cc1cc(Nc2ncn(-c3ccccc3)n2)cc(N2CCN(CC(C)(C)O)CC2)c1.[HH].[HH]. The molecule has 0 bridgehead atoms. The maximum Gasteiger partial charge on any atom is 0.246 e. The molecule has 30 heavy (non-hydrogen) atoms. The van der Waals surface area contributed by atoms with Gasteiger partial charge in [-0.1, -0.05) is 18.2 Å². The van der Waals surface area contributed by atoms with E-state index >= 15 is 0 Å². The normalized spacial score (nSPS) is 15.4. The molecular weight excluding hydrogens is 376 g/mol. The number of aliphatic hydroxyl groups is 1. The highest BCUT2D eigenvalue weighted by molar-refractivity contribution is 5.64. The van der Waals surface area contributed by atoms with Gasteiger partial charge < -0.3 is 15.3 Å². The molecule has 1 aliphatic rings. The topological polar surface area (TPSA) is 69.5 Å². The highest BCUT2D eigenvalue weighted by atomic mass is 16.3. The fraction of sp³-hybridized carbons (Fsp3) is 0.391. The van der Waals surface area contributed by atoms with Gasteiger partial charge in [0.05, 0.1) is 11.3 Å². The van der Waals surface area contributed by atoms with Crippen LogP contribution < -0.4 is 10.2 Å². The fourth-order valence-electron chi connectivity index (χ4n) is 3.88. The second-order valence-corrected chi connectivity index (χ2v) is 8.61. The van der Waals surface area contributed by atoms with Crippen LogP contribution in [0.2, 0.25) is 0 Å². The van der Waals surface area contributed by atoms with Gasteiger partial charge in [0.25, 0.3) is 0 Å². The van der Waals surface area contributed by atoms with Gasteiger partial charge in [0.15, 0.2) is 0 Å². The molecule has 2 N–H and O–H groups in total. The number of rotatable bonds is 6. The van der Waals surface area contributed by atoms with Gasteiger partial charge in [-0.3, -0.25) is 4.90 Å². The summed E-state index contributed by atoms with van der Waals surface area (Å²) in [7, 11) is 0. The molecule has 2 aromatic carbocycles. The quantitative estimate of drug-likeness (QED) is 0.646. The van der Waals surface area contributed by atoms with Crippen molar-refractivity contribution < 1.29 is 7.96 Å². The summed E-state index contributed by atoms with van der Waals surface area (Å²) in [5.41, 5.74) is 3.69. The van der Waals surface area contributed by atoms with Crippen LogP contribution in [0, 0.1) is 6.92 Å². The van der Waals surface area contributed by atoms with Gasteiger partial charge in [-0.05, 0) is 56.7 Å². The third-order valence-electron chi connectivity index (χ3n) is 5.18. The average molecular weight is 411 g/mol. The van der Waals surface area contributed by atoms with Crippen LogP contribution in [-0.2, 0) is 0 Å². The van der Waals surface area contributed by atoms with E-state index in [0.29, 0.717) is 12.5 Å². The second-order valence-electron chi connectivity index (χ2n) is 8.61. The molecule has 0 saturated carbocycles. The zero-order valence-corrected chi connectivity index (χ0v) is 17.9. The highest BCUT2D eigenvalue weighted by Crippen LogP contribution is 2.25. The molecule has 0 amide bonds. The molecule has 2 heterocycles. The maximum atomic E-state index is 10.1. The van der Waals surface area contributed by atoms with Gasteiger partial charge in [0, 0.05) is 47.0 Å². The average Bonchev–Trinajstić information content (AvgIpc) is 3.16. The van der Waals surface area contributed by atoms with E-state index in [1.807, 2.05) is 44.2 Å². The number of hydrogen-bond acceptors (Lipinski definition) is 6. The number of anilines is 3. The second kappa shape index (κ2) is 8.45. The smallest absolute Gasteiger partial charge is 0.246 e. The molecule has 1 fully saturated rings.